The molecule has 2 aliphatic rings. The molecule has 1 unspecified atom stereocenters. The fourth-order valence-electron chi connectivity index (χ4n) is 3.96. The van der Waals surface area contributed by atoms with Crippen LogP contribution in [0.15, 0.2) is 42.5 Å². The molecule has 2 aliphatic heterocycles. The van der Waals surface area contributed by atoms with Crippen LogP contribution in [0.3, 0.4) is 0 Å². The van der Waals surface area contributed by atoms with Crippen molar-refractivity contribution in [2.24, 2.45) is 0 Å². The molecule has 2 heterocycles. The van der Waals surface area contributed by atoms with Crippen LogP contribution in [0.25, 0.3) is 0 Å². The van der Waals surface area contributed by atoms with Gasteiger partial charge < -0.3 is 15.5 Å². The standard InChI is InChI=1S/C21H23N3O2/c1-24-13-19(17-7-2-3-8-18(17)21(24)26)20(25)23-12-15-6-4-5-14-11-22-10-9-16(14)15/h2-8,19,22H,9-13H2,1H3,(H,23,25). The van der Waals surface area contributed by atoms with Crippen molar-refractivity contribution in [3.8, 4) is 0 Å². The predicted molar refractivity (Wildman–Crippen MR) is 99.8 cm³/mol. The Morgan fingerprint density at radius 3 is 2.96 bits per heavy atom. The van der Waals surface area contributed by atoms with Gasteiger partial charge in [-0.2, -0.15) is 0 Å². The number of carbonyl (C=O) groups is 2. The normalized spacial score (nSPS) is 18.9. The Labute approximate surface area is 153 Å². The van der Waals surface area contributed by atoms with Crippen molar-refractivity contribution in [3.63, 3.8) is 0 Å². The second-order valence-corrected chi connectivity index (χ2v) is 7.02. The van der Waals surface area contributed by atoms with E-state index in [1.165, 1.54) is 16.7 Å². The summed E-state index contributed by atoms with van der Waals surface area (Å²) in [6.07, 6.45) is 0.991. The molecule has 0 fully saturated rings. The Kier molecular flexibility index (Phi) is 4.47. The number of carbonyl (C=O) groups excluding carboxylic acids is 2. The maximum atomic E-state index is 12.9. The van der Waals surface area contributed by atoms with Gasteiger partial charge in [-0.15, -0.1) is 0 Å². The van der Waals surface area contributed by atoms with E-state index in [2.05, 4.69) is 28.8 Å². The highest BCUT2D eigenvalue weighted by Crippen LogP contribution is 2.28. The average molecular weight is 349 g/mol. The molecular weight excluding hydrogens is 326 g/mol. The number of rotatable bonds is 3. The first-order valence-corrected chi connectivity index (χ1v) is 9.07. The van der Waals surface area contributed by atoms with Gasteiger partial charge in [0.2, 0.25) is 5.91 Å². The molecule has 0 saturated carbocycles. The van der Waals surface area contributed by atoms with E-state index in [4.69, 9.17) is 0 Å². The summed E-state index contributed by atoms with van der Waals surface area (Å²) in [6.45, 7) is 2.80. The number of nitrogens with one attached hydrogen (secondary N) is 2. The molecular formula is C21H23N3O2. The molecule has 2 aromatic rings. The van der Waals surface area contributed by atoms with Crippen molar-refractivity contribution < 1.29 is 9.59 Å². The van der Waals surface area contributed by atoms with E-state index < -0.39 is 0 Å². The quantitative estimate of drug-likeness (QED) is 0.889. The fourth-order valence-corrected chi connectivity index (χ4v) is 3.96. The Bertz CT molecular complexity index is 862. The second-order valence-electron chi connectivity index (χ2n) is 7.02. The molecule has 0 saturated heterocycles. The molecule has 0 radical (unpaired) electrons. The maximum Gasteiger partial charge on any atom is 0.253 e. The molecule has 2 aromatic carbocycles. The zero-order chi connectivity index (χ0) is 18.1. The van der Waals surface area contributed by atoms with Gasteiger partial charge in [-0.3, -0.25) is 9.59 Å². The molecule has 5 heteroatoms. The lowest BCUT2D eigenvalue weighted by Gasteiger charge is -2.31. The van der Waals surface area contributed by atoms with Gasteiger partial charge in [-0.25, -0.2) is 0 Å². The molecule has 2 N–H and O–H groups in total. The Balaban J connectivity index is 1.53. The van der Waals surface area contributed by atoms with E-state index in [0.29, 0.717) is 18.7 Å². The van der Waals surface area contributed by atoms with Gasteiger partial charge in [0.05, 0.1) is 5.92 Å². The Morgan fingerprint density at radius 1 is 1.23 bits per heavy atom. The first kappa shape index (κ1) is 16.8. The van der Waals surface area contributed by atoms with Crippen LogP contribution >= 0.6 is 0 Å². The van der Waals surface area contributed by atoms with Crippen molar-refractivity contribution in [3.05, 3.63) is 70.3 Å². The van der Waals surface area contributed by atoms with E-state index in [1.807, 2.05) is 18.2 Å². The van der Waals surface area contributed by atoms with E-state index in [0.717, 1.165) is 25.1 Å². The van der Waals surface area contributed by atoms with Crippen LogP contribution in [0.2, 0.25) is 0 Å². The molecule has 0 aromatic heterocycles. The molecule has 0 bridgehead atoms. The summed E-state index contributed by atoms with van der Waals surface area (Å²) in [5, 5.41) is 6.48. The summed E-state index contributed by atoms with van der Waals surface area (Å²) >= 11 is 0. The lowest BCUT2D eigenvalue weighted by molar-refractivity contribution is -0.123. The predicted octanol–water partition coefficient (Wildman–Crippen LogP) is 1.82. The molecule has 1 atom stereocenters. The van der Waals surface area contributed by atoms with Crippen LogP contribution in [0, 0.1) is 0 Å². The summed E-state index contributed by atoms with van der Waals surface area (Å²) in [7, 11) is 1.75. The maximum absolute atomic E-state index is 12.9. The molecule has 0 aliphatic carbocycles. The Morgan fingerprint density at radius 2 is 2.08 bits per heavy atom. The highest BCUT2D eigenvalue weighted by atomic mass is 16.2. The van der Waals surface area contributed by atoms with Crippen molar-refractivity contribution in [1.29, 1.82) is 0 Å². The highest BCUT2D eigenvalue weighted by molar-refractivity contribution is 6.00. The van der Waals surface area contributed by atoms with Crippen molar-refractivity contribution in [2.45, 2.75) is 25.4 Å². The van der Waals surface area contributed by atoms with Crippen LogP contribution < -0.4 is 10.6 Å². The van der Waals surface area contributed by atoms with E-state index >= 15 is 0 Å². The van der Waals surface area contributed by atoms with Crippen LogP contribution in [0.1, 0.15) is 38.5 Å². The van der Waals surface area contributed by atoms with Crippen LogP contribution in [0.4, 0.5) is 0 Å². The van der Waals surface area contributed by atoms with Crippen LogP contribution in [-0.4, -0.2) is 36.9 Å². The molecule has 4 rings (SSSR count). The molecule has 5 nitrogen and oxygen atoms in total. The van der Waals surface area contributed by atoms with E-state index in [9.17, 15) is 9.59 Å². The van der Waals surface area contributed by atoms with Crippen molar-refractivity contribution >= 4 is 11.8 Å². The number of benzene rings is 2. The first-order chi connectivity index (χ1) is 12.6. The van der Waals surface area contributed by atoms with Gasteiger partial charge in [0.1, 0.15) is 0 Å². The smallest absolute Gasteiger partial charge is 0.253 e. The summed E-state index contributed by atoms with van der Waals surface area (Å²) in [4.78, 5) is 26.8. The summed E-state index contributed by atoms with van der Waals surface area (Å²) < 4.78 is 0. The van der Waals surface area contributed by atoms with Gasteiger partial charge >= 0.3 is 0 Å². The molecule has 134 valence electrons. The lowest BCUT2D eigenvalue weighted by Crippen LogP contribution is -2.43. The first-order valence-electron chi connectivity index (χ1n) is 9.07. The molecule has 2 amide bonds. The minimum Gasteiger partial charge on any atom is -0.351 e. The highest BCUT2D eigenvalue weighted by Gasteiger charge is 2.33. The number of nitrogens with zero attached hydrogens (tertiary/aromatic N) is 1. The number of amides is 2. The summed E-state index contributed by atoms with van der Waals surface area (Å²) in [6, 6.07) is 13.7. The zero-order valence-corrected chi connectivity index (χ0v) is 14.9. The molecule has 26 heavy (non-hydrogen) atoms. The average Bonchev–Trinajstić information content (AvgIpc) is 2.69. The second kappa shape index (κ2) is 6.92. The van der Waals surface area contributed by atoms with Crippen molar-refractivity contribution in [2.75, 3.05) is 20.1 Å². The minimum atomic E-state index is -0.324. The van der Waals surface area contributed by atoms with Gasteiger partial charge in [0.15, 0.2) is 0 Å². The van der Waals surface area contributed by atoms with E-state index in [-0.39, 0.29) is 17.7 Å². The zero-order valence-electron chi connectivity index (χ0n) is 14.9. The number of likely N-dealkylation sites (N-methyl/N-ethyl adjacent to an activating group) is 1. The van der Waals surface area contributed by atoms with Gasteiger partial charge in [-0.1, -0.05) is 36.4 Å². The van der Waals surface area contributed by atoms with Crippen LogP contribution in [0.5, 0.6) is 0 Å². The van der Waals surface area contributed by atoms with Crippen LogP contribution in [-0.2, 0) is 24.3 Å². The van der Waals surface area contributed by atoms with E-state index in [1.54, 1.807) is 18.0 Å². The van der Waals surface area contributed by atoms with Crippen molar-refractivity contribution in [1.82, 2.24) is 15.5 Å². The topological polar surface area (TPSA) is 61.4 Å². The SMILES string of the molecule is CN1CC(C(=O)NCc2cccc3c2CCNC3)c2ccccc2C1=O. The summed E-state index contributed by atoms with van der Waals surface area (Å²) in [5.41, 5.74) is 5.31. The lowest BCUT2D eigenvalue weighted by atomic mass is 9.88. The third-order valence-electron chi connectivity index (χ3n) is 5.38. The number of fused-ring (bicyclic) bond motifs is 2. The number of hydrogen-bond donors (Lipinski definition) is 2. The monoisotopic (exact) mass is 349 g/mol. The Hall–Kier alpha value is -2.66. The molecule has 0 spiro atoms. The minimum absolute atomic E-state index is 0.0192. The van der Waals surface area contributed by atoms with Gasteiger partial charge in [0, 0.05) is 32.2 Å². The number of hydrogen-bond acceptors (Lipinski definition) is 3. The summed E-state index contributed by atoms with van der Waals surface area (Å²) in [5.74, 6) is -0.368. The third kappa shape index (κ3) is 2.99. The largest absolute Gasteiger partial charge is 0.351 e. The van der Waals surface area contributed by atoms with Gasteiger partial charge in [-0.05, 0) is 41.3 Å². The van der Waals surface area contributed by atoms with Gasteiger partial charge in [0.25, 0.3) is 5.91 Å². The third-order valence-corrected chi connectivity index (χ3v) is 5.38. The fraction of sp³-hybridized carbons (Fsp3) is 0.333.